The third kappa shape index (κ3) is 23.4. The van der Waals surface area contributed by atoms with Crippen molar-refractivity contribution >= 4 is 35.5 Å². The summed E-state index contributed by atoms with van der Waals surface area (Å²) in [5.74, 6) is -0.613. The quantitative estimate of drug-likeness (QED) is 0.0940. The Bertz CT molecular complexity index is 966. The molecular weight excluding hydrogens is 598 g/mol. The molecule has 0 amide bonds. The van der Waals surface area contributed by atoms with Crippen LogP contribution in [0.15, 0.2) is 91.0 Å². The number of nitrogens with zero attached hydrogens (tertiary/aromatic N) is 1. The first kappa shape index (κ1) is 45.3. The molecule has 246 valence electrons. The third-order valence-corrected chi connectivity index (χ3v) is 5.26. The van der Waals surface area contributed by atoms with Crippen molar-refractivity contribution in [3.63, 3.8) is 0 Å². The zero-order chi connectivity index (χ0) is 34.0. The van der Waals surface area contributed by atoms with Gasteiger partial charge in [-0.25, -0.2) is 4.79 Å². The maximum Gasteiger partial charge on any atom is 0.330 e. The summed E-state index contributed by atoms with van der Waals surface area (Å²) < 4.78 is 14.7. The highest BCUT2D eigenvalue weighted by atomic mass is 32.0. The van der Waals surface area contributed by atoms with E-state index in [1.165, 1.54) is 0 Å². The molecule has 0 aliphatic rings. The van der Waals surface area contributed by atoms with Gasteiger partial charge < -0.3 is 19.9 Å². The highest BCUT2D eigenvalue weighted by molar-refractivity contribution is 7.92. The Labute approximate surface area is 268 Å². The van der Waals surface area contributed by atoms with Crippen molar-refractivity contribution in [3.05, 3.63) is 107 Å². The number of benzene rings is 2. The number of rotatable bonds is 15. The Hall–Kier alpha value is -3.09. The minimum atomic E-state index is -0.529. The summed E-state index contributed by atoms with van der Waals surface area (Å²) in [6.45, 7) is 17.2. The normalized spacial score (nSPS) is 10.4. The monoisotopic (exact) mass is 650 g/mol. The van der Waals surface area contributed by atoms with Gasteiger partial charge in [0.25, 0.3) is 0 Å². The van der Waals surface area contributed by atoms with Crippen LogP contribution in [0, 0.1) is 9.93 Å². The van der Waals surface area contributed by atoms with Crippen LogP contribution in [0.1, 0.15) is 64.5 Å². The molecule has 11 heteroatoms. The van der Waals surface area contributed by atoms with Crippen molar-refractivity contribution in [1.29, 1.82) is 0 Å². The lowest BCUT2D eigenvalue weighted by molar-refractivity contribution is -0.145. The van der Waals surface area contributed by atoms with Gasteiger partial charge >= 0.3 is 11.9 Å². The van der Waals surface area contributed by atoms with Gasteiger partial charge in [0, 0.05) is 34.3 Å². The molecule has 2 rings (SSSR count). The Morgan fingerprint density at radius 2 is 1.16 bits per heavy atom. The van der Waals surface area contributed by atoms with Crippen molar-refractivity contribution in [2.24, 2.45) is 10.7 Å². The second-order valence-corrected chi connectivity index (χ2v) is 8.35. The minimum Gasteiger partial charge on any atom is -0.465 e. The molecule has 0 saturated heterocycles. The van der Waals surface area contributed by atoms with E-state index in [0.717, 1.165) is 36.5 Å². The number of aliphatic imine (C=N–C) groups is 1. The molecule has 0 heterocycles. The number of carbonyl (C=O) groups excluding carboxylic acids is 2. The average Bonchev–Trinajstić information content (AvgIpc) is 3.07. The molecule has 4 atom stereocenters. The second-order valence-electron chi connectivity index (χ2n) is 8.35. The number of nitrogens with two attached hydrogens (primary N) is 1. The molecule has 44 heavy (non-hydrogen) atoms. The van der Waals surface area contributed by atoms with Crippen LogP contribution in [-0.4, -0.2) is 56.2 Å². The van der Waals surface area contributed by atoms with E-state index in [0.29, 0.717) is 32.5 Å². The SMILES string of the molecule is C=CCCC(N)C(=O)OCC.C=CCCC(N=C(c1ccccc1)c1ccccc1)C(=O)OCC.CCOCC.O=O.PP. The van der Waals surface area contributed by atoms with Crippen LogP contribution in [-0.2, 0) is 23.8 Å². The van der Waals surface area contributed by atoms with Crippen molar-refractivity contribution in [2.45, 2.75) is 65.5 Å². The molecule has 9 nitrogen and oxygen atoms in total. The topological polar surface area (TPSA) is 134 Å². The van der Waals surface area contributed by atoms with E-state index >= 15 is 0 Å². The van der Waals surface area contributed by atoms with Crippen LogP contribution in [0.5, 0.6) is 0 Å². The molecular formula is C33H52N2O7P2. The maximum atomic E-state index is 12.3. The van der Waals surface area contributed by atoms with Gasteiger partial charge in [0.2, 0.25) is 0 Å². The lowest BCUT2D eigenvalue weighted by Crippen LogP contribution is -2.31. The fraction of sp³-hybridized carbons (Fsp3) is 0.424. The molecule has 0 fully saturated rings. The van der Waals surface area contributed by atoms with E-state index in [9.17, 15) is 9.59 Å². The van der Waals surface area contributed by atoms with Gasteiger partial charge in [-0.3, -0.25) is 9.79 Å². The lowest BCUT2D eigenvalue weighted by atomic mass is 10.0. The maximum absolute atomic E-state index is 12.3. The zero-order valence-corrected chi connectivity index (χ0v) is 29.0. The summed E-state index contributed by atoms with van der Waals surface area (Å²) in [7, 11) is 4.67. The highest BCUT2D eigenvalue weighted by Crippen LogP contribution is 2.15. The van der Waals surface area contributed by atoms with Gasteiger partial charge in [0.15, 0.2) is 0 Å². The number of hydrogen-bond donors (Lipinski definition) is 1. The third-order valence-electron chi connectivity index (χ3n) is 5.26. The van der Waals surface area contributed by atoms with Crippen LogP contribution in [0.2, 0.25) is 0 Å². The first-order valence-corrected chi connectivity index (χ1v) is 17.1. The Morgan fingerprint density at radius 1 is 0.750 bits per heavy atom. The Balaban J connectivity index is -0.000000698. The van der Waals surface area contributed by atoms with Gasteiger partial charge in [0.1, 0.15) is 12.1 Å². The van der Waals surface area contributed by atoms with Crippen molar-refractivity contribution < 1.29 is 23.8 Å². The Kier molecular flexibility index (Phi) is 35.4. The van der Waals surface area contributed by atoms with E-state index < -0.39 is 12.1 Å². The summed E-state index contributed by atoms with van der Waals surface area (Å²) in [5.41, 5.74) is 8.24. The number of allylic oxidation sites excluding steroid dienone is 2. The van der Waals surface area contributed by atoms with E-state index in [1.54, 1.807) is 19.1 Å². The molecule has 0 bridgehead atoms. The smallest absolute Gasteiger partial charge is 0.330 e. The van der Waals surface area contributed by atoms with Crippen LogP contribution < -0.4 is 5.73 Å². The molecule has 0 spiro atoms. The van der Waals surface area contributed by atoms with Gasteiger partial charge in [-0.1, -0.05) is 72.8 Å². The predicted octanol–water partition coefficient (Wildman–Crippen LogP) is 7.03. The van der Waals surface area contributed by atoms with E-state index in [-0.39, 0.29) is 11.9 Å². The number of hydrogen-bond acceptors (Lipinski definition) is 9. The summed E-state index contributed by atoms with van der Waals surface area (Å²) in [6, 6.07) is 18.8. The zero-order valence-electron chi connectivity index (χ0n) is 26.7. The summed E-state index contributed by atoms with van der Waals surface area (Å²) in [6.07, 6.45) is 6.20. The number of carbonyl (C=O) groups is 2. The summed E-state index contributed by atoms with van der Waals surface area (Å²) in [5, 5.41) is 0. The molecule has 0 aromatic heterocycles. The Morgan fingerprint density at radius 3 is 1.52 bits per heavy atom. The highest BCUT2D eigenvalue weighted by Gasteiger charge is 2.20. The van der Waals surface area contributed by atoms with Crippen LogP contribution in [0.4, 0.5) is 0 Å². The predicted molar refractivity (Wildman–Crippen MR) is 191 cm³/mol. The molecule has 2 aromatic carbocycles. The fourth-order valence-electron chi connectivity index (χ4n) is 3.28. The summed E-state index contributed by atoms with van der Waals surface area (Å²) in [4.78, 5) is 41.9. The van der Waals surface area contributed by atoms with Gasteiger partial charge in [-0.15, -0.1) is 31.0 Å². The minimum absolute atomic E-state index is 0.288. The van der Waals surface area contributed by atoms with Gasteiger partial charge in [-0.05, 0) is 53.4 Å². The van der Waals surface area contributed by atoms with Crippen molar-refractivity contribution in [2.75, 3.05) is 26.4 Å². The fourth-order valence-corrected chi connectivity index (χ4v) is 3.28. The standard InChI is InChI=1S/C21H23NO2.C8H15NO2.C4H10O.O2.H4P2/c1-3-5-16-19(21(23)24-4-2)22-20(17-12-8-6-9-13-17)18-14-10-7-11-15-18;1-3-5-6-7(9)8(10)11-4-2;1-3-5-4-2;2*1-2/h3,6-15,19H,1,4-5,16H2,2H3;3,7H,1,4-6,9H2,2H3;3-4H2,1-2H3;;1-2H2. The van der Waals surface area contributed by atoms with E-state index in [2.05, 4.69) is 31.0 Å². The van der Waals surface area contributed by atoms with Crippen LogP contribution in [0.3, 0.4) is 0 Å². The molecule has 0 aliphatic carbocycles. The van der Waals surface area contributed by atoms with E-state index in [4.69, 9.17) is 34.9 Å². The van der Waals surface area contributed by atoms with Gasteiger partial charge in [0.05, 0.1) is 18.9 Å². The van der Waals surface area contributed by atoms with Crippen molar-refractivity contribution in [3.8, 4) is 0 Å². The van der Waals surface area contributed by atoms with E-state index in [1.807, 2.05) is 81.4 Å². The molecule has 0 radical (unpaired) electrons. The first-order valence-electron chi connectivity index (χ1n) is 14.5. The number of esters is 2. The average molecular weight is 651 g/mol. The molecule has 0 saturated carbocycles. The van der Waals surface area contributed by atoms with Crippen LogP contribution >= 0.6 is 17.9 Å². The molecule has 2 aromatic rings. The molecule has 4 unspecified atom stereocenters. The van der Waals surface area contributed by atoms with Crippen molar-refractivity contribution in [1.82, 2.24) is 0 Å². The lowest BCUT2D eigenvalue weighted by Gasteiger charge is -2.14. The van der Waals surface area contributed by atoms with Gasteiger partial charge in [-0.2, -0.15) is 0 Å². The first-order chi connectivity index (χ1) is 21.4. The summed E-state index contributed by atoms with van der Waals surface area (Å²) >= 11 is 0. The molecule has 0 aliphatic heterocycles. The largest absolute Gasteiger partial charge is 0.465 e. The second kappa shape index (κ2) is 34.4. The number of ether oxygens (including phenoxy) is 3. The molecule has 2 N–H and O–H groups in total. The van der Waals surface area contributed by atoms with Crippen LogP contribution in [0.25, 0.3) is 0 Å².